The van der Waals surface area contributed by atoms with Gasteiger partial charge >= 0.3 is 0 Å². The molecule has 1 saturated carbocycles. The maximum absolute atomic E-state index is 13.0. The Kier molecular flexibility index (Phi) is 7.42. The van der Waals surface area contributed by atoms with E-state index in [-0.39, 0.29) is 24.0 Å². The van der Waals surface area contributed by atoms with E-state index >= 15 is 0 Å². The van der Waals surface area contributed by atoms with E-state index in [0.717, 1.165) is 37.9 Å². The minimum atomic E-state index is -0.298. The highest BCUT2D eigenvalue weighted by Gasteiger charge is 2.29. The third-order valence-electron chi connectivity index (χ3n) is 5.19. The Balaban J connectivity index is 2.05. The predicted molar refractivity (Wildman–Crippen MR) is 99.1 cm³/mol. The molecule has 5 heteroatoms. The van der Waals surface area contributed by atoms with Crippen LogP contribution in [0.2, 0.25) is 0 Å². The molecule has 2 rings (SSSR count). The van der Waals surface area contributed by atoms with E-state index in [1.165, 1.54) is 0 Å². The van der Waals surface area contributed by atoms with Crippen LogP contribution in [-0.2, 0) is 4.79 Å². The van der Waals surface area contributed by atoms with E-state index in [9.17, 15) is 9.90 Å². The quantitative estimate of drug-likeness (QED) is 0.827. The Morgan fingerprint density at radius 3 is 2.64 bits per heavy atom. The third-order valence-corrected chi connectivity index (χ3v) is 5.19. The van der Waals surface area contributed by atoms with E-state index in [1.54, 1.807) is 4.90 Å². The molecule has 1 fully saturated rings. The number of para-hydroxylation sites is 1. The minimum Gasteiger partial charge on any atom is -0.393 e. The fourth-order valence-corrected chi connectivity index (χ4v) is 3.48. The molecule has 0 saturated heterocycles. The molecular formula is C20H29N3O2. The zero-order valence-corrected chi connectivity index (χ0v) is 15.3. The van der Waals surface area contributed by atoms with E-state index in [0.29, 0.717) is 13.0 Å². The molecule has 1 aromatic carbocycles. The van der Waals surface area contributed by atoms with Gasteiger partial charge in [-0.25, -0.2) is 0 Å². The van der Waals surface area contributed by atoms with Gasteiger partial charge in [0.15, 0.2) is 0 Å². The average Bonchev–Trinajstić information content (AvgIpc) is 2.64. The number of aliphatic hydroxyl groups is 1. The van der Waals surface area contributed by atoms with Crippen molar-refractivity contribution < 1.29 is 9.90 Å². The van der Waals surface area contributed by atoms with Gasteiger partial charge in [-0.05, 0) is 44.9 Å². The van der Waals surface area contributed by atoms with Crippen LogP contribution >= 0.6 is 0 Å². The van der Waals surface area contributed by atoms with Gasteiger partial charge < -0.3 is 10.0 Å². The van der Waals surface area contributed by atoms with Crippen LogP contribution in [0.4, 0.5) is 5.69 Å². The second-order valence-electron chi connectivity index (χ2n) is 6.96. The lowest BCUT2D eigenvalue weighted by Crippen LogP contribution is -2.48. The maximum Gasteiger partial charge on any atom is 0.244 e. The molecule has 1 aliphatic carbocycles. The Morgan fingerprint density at radius 1 is 1.32 bits per heavy atom. The van der Waals surface area contributed by atoms with E-state index in [1.807, 2.05) is 49.2 Å². The van der Waals surface area contributed by atoms with E-state index in [4.69, 9.17) is 5.26 Å². The van der Waals surface area contributed by atoms with Crippen LogP contribution in [0.5, 0.6) is 0 Å². The molecule has 1 N–H and O–H groups in total. The molecule has 136 valence electrons. The molecule has 0 spiro atoms. The molecule has 1 aromatic rings. The highest BCUT2D eigenvalue weighted by molar-refractivity contribution is 5.96. The van der Waals surface area contributed by atoms with Crippen molar-refractivity contribution >= 4 is 11.6 Å². The number of anilines is 1. The second-order valence-corrected chi connectivity index (χ2v) is 6.96. The first-order valence-corrected chi connectivity index (χ1v) is 9.16. The molecule has 25 heavy (non-hydrogen) atoms. The predicted octanol–water partition coefficient (Wildman–Crippen LogP) is 2.80. The zero-order valence-electron chi connectivity index (χ0n) is 15.3. The second kappa shape index (κ2) is 9.55. The molecule has 0 heterocycles. The van der Waals surface area contributed by atoms with Crippen LogP contribution in [0, 0.1) is 17.2 Å². The lowest BCUT2D eigenvalue weighted by molar-refractivity contribution is -0.123. The molecule has 0 radical (unpaired) electrons. The summed E-state index contributed by atoms with van der Waals surface area (Å²) in [4.78, 5) is 16.8. The Labute approximate surface area is 150 Å². The Morgan fingerprint density at radius 2 is 2.00 bits per heavy atom. The van der Waals surface area contributed by atoms with Crippen molar-refractivity contribution in [3.63, 3.8) is 0 Å². The average molecular weight is 343 g/mol. The third kappa shape index (κ3) is 5.29. The fourth-order valence-electron chi connectivity index (χ4n) is 3.48. The van der Waals surface area contributed by atoms with Gasteiger partial charge in [-0.1, -0.05) is 31.0 Å². The lowest BCUT2D eigenvalue weighted by atomic mass is 9.86. The number of nitrogens with zero attached hydrogens (tertiary/aromatic N) is 3. The van der Waals surface area contributed by atoms with Crippen molar-refractivity contribution in [1.29, 1.82) is 5.26 Å². The van der Waals surface area contributed by atoms with Crippen LogP contribution in [0.15, 0.2) is 30.3 Å². The summed E-state index contributed by atoms with van der Waals surface area (Å²) in [6.45, 7) is 3.01. The molecule has 3 unspecified atom stereocenters. The molecular weight excluding hydrogens is 314 g/mol. The number of benzene rings is 1. The fraction of sp³-hybridized carbons (Fsp3) is 0.600. The van der Waals surface area contributed by atoms with Crippen molar-refractivity contribution in [2.75, 3.05) is 25.0 Å². The number of carbonyl (C=O) groups excluding carboxylic acids is 1. The van der Waals surface area contributed by atoms with Crippen LogP contribution in [0.1, 0.15) is 39.0 Å². The maximum atomic E-state index is 13.0. The highest BCUT2D eigenvalue weighted by Crippen LogP contribution is 2.26. The monoisotopic (exact) mass is 343 g/mol. The molecule has 0 aromatic heterocycles. The number of hydrogen-bond acceptors (Lipinski definition) is 4. The largest absolute Gasteiger partial charge is 0.393 e. The van der Waals surface area contributed by atoms with Crippen LogP contribution in [-0.4, -0.2) is 48.2 Å². The van der Waals surface area contributed by atoms with Gasteiger partial charge in [-0.15, -0.1) is 0 Å². The number of carbonyl (C=O) groups is 1. The molecule has 1 aliphatic rings. The smallest absolute Gasteiger partial charge is 0.244 e. The summed E-state index contributed by atoms with van der Waals surface area (Å²) in [7, 11) is 1.94. The van der Waals surface area contributed by atoms with Gasteiger partial charge in [-0.2, -0.15) is 5.26 Å². The van der Waals surface area contributed by atoms with Crippen LogP contribution in [0.25, 0.3) is 0 Å². The Bertz CT molecular complexity index is 584. The first-order chi connectivity index (χ1) is 12.0. The summed E-state index contributed by atoms with van der Waals surface area (Å²) in [6.07, 6.45) is 4.16. The normalized spacial score (nSPS) is 21.6. The SMILES string of the molecule is CC(C(=O)N(CCC#N)c1ccccc1)N(C)CC1CCCCC1O. The van der Waals surface area contributed by atoms with Crippen molar-refractivity contribution in [1.82, 2.24) is 4.90 Å². The number of rotatable bonds is 7. The van der Waals surface area contributed by atoms with Gasteiger partial charge in [0.05, 0.1) is 24.6 Å². The van der Waals surface area contributed by atoms with Gasteiger partial charge in [0.1, 0.15) is 0 Å². The van der Waals surface area contributed by atoms with E-state index in [2.05, 4.69) is 6.07 Å². The summed E-state index contributed by atoms with van der Waals surface area (Å²) in [5.74, 6) is 0.229. The summed E-state index contributed by atoms with van der Waals surface area (Å²) in [6, 6.07) is 11.3. The standard InChI is InChI=1S/C20H29N3O2/c1-16(22(2)15-17-9-6-7-12-19(17)24)20(25)23(14-8-13-21)18-10-4-3-5-11-18/h3-5,10-11,16-17,19,24H,6-9,12,14-15H2,1-2H3. The van der Waals surface area contributed by atoms with Crippen molar-refractivity contribution in [3.05, 3.63) is 30.3 Å². The summed E-state index contributed by atoms with van der Waals surface area (Å²) in [5.41, 5.74) is 0.820. The van der Waals surface area contributed by atoms with Gasteiger partial charge in [0, 0.05) is 18.8 Å². The zero-order chi connectivity index (χ0) is 18.2. The number of amides is 1. The van der Waals surface area contributed by atoms with Gasteiger partial charge in [-0.3, -0.25) is 9.69 Å². The molecule has 0 aliphatic heterocycles. The summed E-state index contributed by atoms with van der Waals surface area (Å²) < 4.78 is 0. The number of hydrogen-bond donors (Lipinski definition) is 1. The van der Waals surface area contributed by atoms with Crippen molar-refractivity contribution in [3.8, 4) is 6.07 Å². The number of nitriles is 1. The van der Waals surface area contributed by atoms with E-state index < -0.39 is 0 Å². The van der Waals surface area contributed by atoms with Gasteiger partial charge in [0.2, 0.25) is 5.91 Å². The lowest BCUT2D eigenvalue weighted by Gasteiger charge is -2.35. The molecule has 0 bridgehead atoms. The number of likely N-dealkylation sites (N-methyl/N-ethyl adjacent to an activating group) is 1. The minimum absolute atomic E-state index is 0.00532. The van der Waals surface area contributed by atoms with Crippen LogP contribution < -0.4 is 4.90 Å². The van der Waals surface area contributed by atoms with Gasteiger partial charge in [0.25, 0.3) is 0 Å². The molecule has 3 atom stereocenters. The van der Waals surface area contributed by atoms with Crippen molar-refractivity contribution in [2.45, 2.75) is 51.2 Å². The first-order valence-electron chi connectivity index (χ1n) is 9.16. The Hall–Kier alpha value is -1.90. The highest BCUT2D eigenvalue weighted by atomic mass is 16.3. The summed E-state index contributed by atoms with van der Waals surface area (Å²) >= 11 is 0. The molecule has 1 amide bonds. The topological polar surface area (TPSA) is 67.6 Å². The number of aliphatic hydroxyl groups excluding tert-OH is 1. The van der Waals surface area contributed by atoms with Crippen molar-refractivity contribution in [2.24, 2.45) is 5.92 Å². The first kappa shape index (κ1) is 19.4. The molecule has 5 nitrogen and oxygen atoms in total. The van der Waals surface area contributed by atoms with Crippen LogP contribution in [0.3, 0.4) is 0 Å². The summed E-state index contributed by atoms with van der Waals surface area (Å²) in [5, 5.41) is 19.1.